The van der Waals surface area contributed by atoms with Crippen LogP contribution in [-0.4, -0.2) is 35.6 Å². The van der Waals surface area contributed by atoms with Gasteiger partial charge in [-0.2, -0.15) is 0 Å². The molecule has 3 aliphatic rings. The highest BCUT2D eigenvalue weighted by molar-refractivity contribution is 7.10. The maximum atomic E-state index is 12.8. The Balaban J connectivity index is 1.62. The van der Waals surface area contributed by atoms with Crippen LogP contribution in [0.5, 0.6) is 0 Å². The van der Waals surface area contributed by atoms with Crippen molar-refractivity contribution in [3.05, 3.63) is 22.4 Å². The molecule has 1 aliphatic heterocycles. The molecule has 1 aromatic heterocycles. The zero-order valence-corrected chi connectivity index (χ0v) is 12.5. The second kappa shape index (κ2) is 4.55. The van der Waals surface area contributed by atoms with Crippen molar-refractivity contribution in [1.29, 1.82) is 0 Å². The first kappa shape index (κ1) is 12.8. The van der Waals surface area contributed by atoms with Gasteiger partial charge in [-0.25, -0.2) is 0 Å². The van der Waals surface area contributed by atoms with E-state index in [1.165, 1.54) is 4.88 Å². The fourth-order valence-corrected chi connectivity index (χ4v) is 4.43. The lowest BCUT2D eigenvalue weighted by Gasteiger charge is -2.29. The average Bonchev–Trinajstić information content (AvgIpc) is 2.88. The molecule has 4 rings (SSSR count). The second-order valence-electron chi connectivity index (χ2n) is 6.18. The lowest BCUT2D eigenvalue weighted by atomic mass is 10.1. The number of nitrogens with one attached hydrogen (secondary N) is 1. The molecule has 2 heterocycles. The summed E-state index contributed by atoms with van der Waals surface area (Å²) < 4.78 is 5.47. The van der Waals surface area contributed by atoms with Crippen LogP contribution < -0.4 is 5.32 Å². The average molecular weight is 292 g/mol. The van der Waals surface area contributed by atoms with E-state index < -0.39 is 0 Å². The van der Waals surface area contributed by atoms with E-state index in [0.717, 1.165) is 32.1 Å². The Morgan fingerprint density at radius 1 is 1.45 bits per heavy atom. The Kier molecular flexibility index (Phi) is 2.91. The summed E-state index contributed by atoms with van der Waals surface area (Å²) in [5.74, 6) is 0.317. The standard InChI is InChI=1S/C15H20N2O2S/c1-19-11-5-4-10(9-11)17-13(12-3-2-8-20-12)16-15(6-7-15)14(17)18/h2-3,8,10-11,13,16H,4-7,9H2,1H3. The molecule has 20 heavy (non-hydrogen) atoms. The monoisotopic (exact) mass is 292 g/mol. The first-order valence-corrected chi connectivity index (χ1v) is 8.28. The van der Waals surface area contributed by atoms with E-state index in [9.17, 15) is 4.79 Å². The Morgan fingerprint density at radius 3 is 2.90 bits per heavy atom. The van der Waals surface area contributed by atoms with Crippen LogP contribution >= 0.6 is 11.3 Å². The van der Waals surface area contributed by atoms with Crippen molar-refractivity contribution in [1.82, 2.24) is 10.2 Å². The lowest BCUT2D eigenvalue weighted by molar-refractivity contribution is -0.133. The number of ether oxygens (including phenoxy) is 1. The molecule has 0 bridgehead atoms. The summed E-state index contributed by atoms with van der Waals surface area (Å²) in [7, 11) is 1.77. The molecule has 1 amide bonds. The number of amides is 1. The summed E-state index contributed by atoms with van der Waals surface area (Å²) in [5, 5.41) is 5.69. The van der Waals surface area contributed by atoms with Gasteiger partial charge in [0.2, 0.25) is 5.91 Å². The molecule has 0 aromatic carbocycles. The summed E-state index contributed by atoms with van der Waals surface area (Å²) in [6, 6.07) is 4.52. The molecular formula is C15H20N2O2S. The molecule has 1 N–H and O–H groups in total. The molecule has 5 heteroatoms. The fourth-order valence-electron chi connectivity index (χ4n) is 3.66. The highest BCUT2D eigenvalue weighted by Gasteiger charge is 2.61. The zero-order chi connectivity index (χ0) is 13.7. The third kappa shape index (κ3) is 1.84. The number of hydrogen-bond acceptors (Lipinski definition) is 4. The van der Waals surface area contributed by atoms with Gasteiger partial charge >= 0.3 is 0 Å². The number of carbonyl (C=O) groups excluding carboxylic acids is 1. The smallest absolute Gasteiger partial charge is 0.244 e. The van der Waals surface area contributed by atoms with Crippen LogP contribution in [-0.2, 0) is 9.53 Å². The molecular weight excluding hydrogens is 272 g/mol. The Hall–Kier alpha value is -0.910. The Labute approximate surface area is 123 Å². The SMILES string of the molecule is COC1CCC(N2C(=O)C3(CC3)NC2c2cccs2)C1. The van der Waals surface area contributed by atoms with E-state index in [-0.39, 0.29) is 11.7 Å². The summed E-state index contributed by atoms with van der Waals surface area (Å²) in [4.78, 5) is 16.2. The largest absolute Gasteiger partial charge is 0.381 e. The van der Waals surface area contributed by atoms with Gasteiger partial charge in [0.25, 0.3) is 0 Å². The van der Waals surface area contributed by atoms with E-state index in [4.69, 9.17) is 4.74 Å². The van der Waals surface area contributed by atoms with Gasteiger partial charge < -0.3 is 9.64 Å². The predicted octanol–water partition coefficient (Wildman–Crippen LogP) is 2.28. The van der Waals surface area contributed by atoms with Crippen molar-refractivity contribution in [2.24, 2.45) is 0 Å². The molecule has 1 aromatic rings. The molecule has 108 valence electrons. The number of hydrogen-bond donors (Lipinski definition) is 1. The van der Waals surface area contributed by atoms with Gasteiger partial charge in [0.1, 0.15) is 11.7 Å². The summed E-state index contributed by atoms with van der Waals surface area (Å²) in [5.41, 5.74) is -0.236. The number of nitrogens with zero attached hydrogens (tertiary/aromatic N) is 1. The maximum absolute atomic E-state index is 12.8. The van der Waals surface area contributed by atoms with Crippen molar-refractivity contribution in [3.63, 3.8) is 0 Å². The van der Waals surface area contributed by atoms with Crippen LogP contribution in [0.2, 0.25) is 0 Å². The van der Waals surface area contributed by atoms with E-state index in [2.05, 4.69) is 27.7 Å². The van der Waals surface area contributed by atoms with E-state index >= 15 is 0 Å². The molecule has 4 nitrogen and oxygen atoms in total. The van der Waals surface area contributed by atoms with Crippen molar-refractivity contribution in [3.8, 4) is 0 Å². The Morgan fingerprint density at radius 2 is 2.30 bits per heavy atom. The highest BCUT2D eigenvalue weighted by atomic mass is 32.1. The van der Waals surface area contributed by atoms with Crippen molar-refractivity contribution < 1.29 is 9.53 Å². The third-order valence-electron chi connectivity index (χ3n) is 4.98. The van der Waals surface area contributed by atoms with Gasteiger partial charge in [0, 0.05) is 18.0 Å². The van der Waals surface area contributed by atoms with Crippen LogP contribution in [0, 0.1) is 0 Å². The number of thiophene rings is 1. The van der Waals surface area contributed by atoms with E-state index in [0.29, 0.717) is 18.1 Å². The second-order valence-corrected chi connectivity index (χ2v) is 7.16. The van der Waals surface area contributed by atoms with Crippen molar-refractivity contribution in [2.45, 2.75) is 56.0 Å². The van der Waals surface area contributed by atoms with E-state index in [1.54, 1.807) is 18.4 Å². The maximum Gasteiger partial charge on any atom is 0.244 e. The Bertz CT molecular complexity index is 512. The van der Waals surface area contributed by atoms with Crippen molar-refractivity contribution >= 4 is 17.2 Å². The minimum Gasteiger partial charge on any atom is -0.381 e. The topological polar surface area (TPSA) is 41.6 Å². The van der Waals surface area contributed by atoms with Crippen LogP contribution in [0.25, 0.3) is 0 Å². The lowest BCUT2D eigenvalue weighted by Crippen LogP contribution is -2.39. The third-order valence-corrected chi connectivity index (χ3v) is 5.91. The minimum absolute atomic E-state index is 0.0746. The first-order chi connectivity index (χ1) is 9.73. The summed E-state index contributed by atoms with van der Waals surface area (Å²) >= 11 is 1.73. The molecule has 2 aliphatic carbocycles. The molecule has 1 spiro atoms. The van der Waals surface area contributed by atoms with Gasteiger partial charge in [0.05, 0.1) is 6.10 Å². The first-order valence-electron chi connectivity index (χ1n) is 7.40. The predicted molar refractivity (Wildman–Crippen MR) is 77.4 cm³/mol. The summed E-state index contributed by atoms with van der Waals surface area (Å²) in [6.45, 7) is 0. The van der Waals surface area contributed by atoms with Gasteiger partial charge in [-0.1, -0.05) is 6.07 Å². The van der Waals surface area contributed by atoms with Gasteiger partial charge in [-0.15, -0.1) is 11.3 Å². The molecule has 0 radical (unpaired) electrons. The van der Waals surface area contributed by atoms with Gasteiger partial charge in [-0.05, 0) is 43.6 Å². The quantitative estimate of drug-likeness (QED) is 0.929. The number of carbonyl (C=O) groups is 1. The van der Waals surface area contributed by atoms with Crippen LogP contribution in [0.4, 0.5) is 0 Å². The minimum atomic E-state index is -0.236. The zero-order valence-electron chi connectivity index (χ0n) is 11.7. The van der Waals surface area contributed by atoms with Crippen LogP contribution in [0.15, 0.2) is 17.5 Å². The van der Waals surface area contributed by atoms with Crippen molar-refractivity contribution in [2.75, 3.05) is 7.11 Å². The molecule has 2 saturated carbocycles. The molecule has 3 fully saturated rings. The normalized spacial score (nSPS) is 35.1. The number of methoxy groups -OCH3 is 1. The van der Waals surface area contributed by atoms with E-state index in [1.807, 2.05) is 0 Å². The van der Waals surface area contributed by atoms with Crippen LogP contribution in [0.3, 0.4) is 0 Å². The van der Waals surface area contributed by atoms with Gasteiger partial charge in [0.15, 0.2) is 0 Å². The molecule has 3 unspecified atom stereocenters. The van der Waals surface area contributed by atoms with Crippen LogP contribution in [0.1, 0.15) is 43.1 Å². The summed E-state index contributed by atoms with van der Waals surface area (Å²) in [6.07, 6.45) is 5.47. The van der Waals surface area contributed by atoms with Gasteiger partial charge in [-0.3, -0.25) is 10.1 Å². The molecule has 1 saturated heterocycles. The highest BCUT2D eigenvalue weighted by Crippen LogP contribution is 2.48. The molecule has 3 atom stereocenters. The number of rotatable bonds is 3. The fraction of sp³-hybridized carbons (Fsp3) is 0.667.